The molecule has 3 heterocycles. The topological polar surface area (TPSA) is 178 Å². The van der Waals surface area contributed by atoms with Crippen LogP contribution in [0.1, 0.15) is 119 Å². The van der Waals surface area contributed by atoms with Crippen molar-refractivity contribution in [2.75, 3.05) is 26.4 Å². The normalized spacial score (nSPS) is 21.2. The maximum atomic E-state index is 14.1. The van der Waals surface area contributed by atoms with E-state index >= 15 is 0 Å². The standard InChI is InChI=1S/C41H58FN4O9P/c1-4-6-7-8-9-10-11-12-13-14-15-16-17-18-21-51-27-35(52-26-33-22-32(25-43)23-34(42)24-33)28-53-56(49,50)54-29-37-39(47)40(48)41(5-2,55-37)38-20-19-36-31(3)44-30-45-46(36)38/h2,19-20,22-24,30,35,37,39-40,47-48H,4,6-18,21,26-29H2,1,3H3,(H,49,50)/t35-,37-,39-,40-,41+/m1/s1. The van der Waals surface area contributed by atoms with E-state index in [1.807, 2.05) is 6.07 Å². The Morgan fingerprint density at radius 3 is 2.30 bits per heavy atom. The number of unbranched alkanes of at least 4 members (excludes halogenated alkanes) is 13. The number of phosphoric acid groups is 1. The first-order valence-corrected chi connectivity index (χ1v) is 21.4. The van der Waals surface area contributed by atoms with Crippen LogP contribution in [-0.4, -0.2) is 80.5 Å². The zero-order valence-corrected chi connectivity index (χ0v) is 33.6. The van der Waals surface area contributed by atoms with Gasteiger partial charge in [0, 0.05) is 6.61 Å². The minimum absolute atomic E-state index is 0.00843. The van der Waals surface area contributed by atoms with Crippen LogP contribution in [0.5, 0.6) is 0 Å². The molecule has 1 aliphatic heterocycles. The van der Waals surface area contributed by atoms with Crippen molar-refractivity contribution in [1.29, 1.82) is 5.26 Å². The largest absolute Gasteiger partial charge is 0.472 e. The van der Waals surface area contributed by atoms with E-state index in [1.54, 1.807) is 19.1 Å². The number of aromatic nitrogens is 3. The number of hydrogen-bond donors (Lipinski definition) is 3. The fraction of sp³-hybridized carbons (Fsp3) is 0.634. The minimum atomic E-state index is -4.78. The number of halogens is 1. The molecule has 6 atom stereocenters. The van der Waals surface area contributed by atoms with Crippen molar-refractivity contribution in [3.05, 3.63) is 65.0 Å². The van der Waals surface area contributed by atoms with E-state index in [-0.39, 0.29) is 24.5 Å². The third-order valence-electron chi connectivity index (χ3n) is 10.0. The van der Waals surface area contributed by atoms with Crippen LogP contribution >= 0.6 is 7.82 Å². The van der Waals surface area contributed by atoms with Crippen molar-refractivity contribution in [3.8, 4) is 18.4 Å². The summed E-state index contributed by atoms with van der Waals surface area (Å²) in [5, 5.41) is 35.4. The van der Waals surface area contributed by atoms with Gasteiger partial charge in [-0.1, -0.05) is 96.3 Å². The molecule has 1 unspecified atom stereocenters. The van der Waals surface area contributed by atoms with E-state index in [4.69, 9.17) is 29.7 Å². The Kier molecular flexibility index (Phi) is 18.8. The van der Waals surface area contributed by atoms with Gasteiger partial charge in [-0.05, 0) is 49.2 Å². The smallest absolute Gasteiger partial charge is 0.387 e. The highest BCUT2D eigenvalue weighted by atomic mass is 31.2. The van der Waals surface area contributed by atoms with Crippen LogP contribution in [-0.2, 0) is 40.0 Å². The molecule has 0 saturated carbocycles. The SMILES string of the molecule is C#C[C@@]1(c2ccc3c(C)ncnn23)O[C@H](COP(=O)(O)OC[C@@H](COCCCCCCCCCCCCCCCC)OCc2cc(F)cc(C#N)c2)[C@@H](O)[C@H]1O. The molecular formula is C41H58FN4O9P. The second-order valence-corrected chi connectivity index (χ2v) is 15.9. The monoisotopic (exact) mass is 800 g/mol. The molecule has 1 aliphatic rings. The number of aliphatic hydroxyl groups is 2. The number of nitriles is 1. The van der Waals surface area contributed by atoms with E-state index < -0.39 is 56.9 Å². The second-order valence-electron chi connectivity index (χ2n) is 14.5. The molecule has 0 bridgehead atoms. The summed E-state index contributed by atoms with van der Waals surface area (Å²) in [6.45, 7) is 3.25. The molecule has 0 amide bonds. The van der Waals surface area contributed by atoms with Crippen molar-refractivity contribution >= 4 is 13.3 Å². The average Bonchev–Trinajstić information content (AvgIpc) is 3.73. The fourth-order valence-electron chi connectivity index (χ4n) is 6.85. The highest BCUT2D eigenvalue weighted by molar-refractivity contribution is 7.47. The van der Waals surface area contributed by atoms with Crippen LogP contribution in [0.25, 0.3) is 5.52 Å². The summed E-state index contributed by atoms with van der Waals surface area (Å²) in [7, 11) is -4.78. The van der Waals surface area contributed by atoms with Gasteiger partial charge >= 0.3 is 7.82 Å². The molecule has 308 valence electrons. The third kappa shape index (κ3) is 13.4. The number of ether oxygens (including phenoxy) is 3. The lowest BCUT2D eigenvalue weighted by atomic mass is 9.92. The number of nitrogens with zero attached hydrogens (tertiary/aromatic N) is 4. The van der Waals surface area contributed by atoms with Crippen molar-refractivity contribution in [1.82, 2.24) is 14.6 Å². The van der Waals surface area contributed by atoms with Gasteiger partial charge < -0.3 is 29.3 Å². The van der Waals surface area contributed by atoms with Crippen molar-refractivity contribution in [3.63, 3.8) is 0 Å². The highest BCUT2D eigenvalue weighted by Gasteiger charge is 2.56. The van der Waals surface area contributed by atoms with E-state index in [2.05, 4.69) is 22.9 Å². The summed E-state index contributed by atoms with van der Waals surface area (Å²) >= 11 is 0. The summed E-state index contributed by atoms with van der Waals surface area (Å²) in [4.78, 5) is 14.7. The van der Waals surface area contributed by atoms with Crippen LogP contribution in [0.3, 0.4) is 0 Å². The molecule has 56 heavy (non-hydrogen) atoms. The van der Waals surface area contributed by atoms with Gasteiger partial charge in [-0.3, -0.25) is 9.05 Å². The van der Waals surface area contributed by atoms with Crippen LogP contribution in [0.2, 0.25) is 0 Å². The molecule has 1 fully saturated rings. The molecule has 0 spiro atoms. The highest BCUT2D eigenvalue weighted by Crippen LogP contribution is 2.46. The number of fused-ring (bicyclic) bond motifs is 1. The molecule has 0 radical (unpaired) electrons. The summed E-state index contributed by atoms with van der Waals surface area (Å²) in [6, 6.07) is 9.03. The van der Waals surface area contributed by atoms with Gasteiger partial charge in [-0.25, -0.2) is 18.5 Å². The van der Waals surface area contributed by atoms with Crippen molar-refractivity contribution in [2.45, 2.75) is 140 Å². The molecule has 2 aromatic heterocycles. The van der Waals surface area contributed by atoms with Gasteiger partial charge in [-0.2, -0.15) is 10.4 Å². The van der Waals surface area contributed by atoms with Crippen LogP contribution in [0.15, 0.2) is 36.7 Å². The number of phosphoric ester groups is 1. The third-order valence-corrected chi connectivity index (χ3v) is 11.0. The first kappa shape index (κ1) is 45.4. The fourth-order valence-corrected chi connectivity index (χ4v) is 7.62. The van der Waals surface area contributed by atoms with Crippen LogP contribution in [0.4, 0.5) is 4.39 Å². The van der Waals surface area contributed by atoms with Crippen LogP contribution in [0, 0.1) is 36.4 Å². The Bertz CT molecular complexity index is 1780. The zero-order chi connectivity index (χ0) is 40.4. The van der Waals surface area contributed by atoms with Gasteiger partial charge in [0.05, 0.1) is 55.0 Å². The molecule has 4 rings (SSSR count). The Labute approximate surface area is 330 Å². The van der Waals surface area contributed by atoms with Crippen LogP contribution < -0.4 is 0 Å². The first-order valence-electron chi connectivity index (χ1n) is 19.9. The number of terminal acetylenes is 1. The van der Waals surface area contributed by atoms with E-state index in [0.717, 1.165) is 25.3 Å². The number of rotatable bonds is 27. The average molecular weight is 801 g/mol. The Hall–Kier alpha value is -3.27. The Morgan fingerprint density at radius 2 is 1.66 bits per heavy atom. The predicted octanol–water partition coefficient (Wildman–Crippen LogP) is 7.21. The lowest BCUT2D eigenvalue weighted by Crippen LogP contribution is -2.41. The summed E-state index contributed by atoms with van der Waals surface area (Å²) in [6.07, 6.45) is 19.1. The van der Waals surface area contributed by atoms with Gasteiger partial charge in [0.15, 0.2) is 5.60 Å². The quantitative estimate of drug-likeness (QED) is 0.0402. The van der Waals surface area contributed by atoms with E-state index in [0.29, 0.717) is 23.4 Å². The van der Waals surface area contributed by atoms with Crippen molar-refractivity contribution < 1.29 is 47.3 Å². The molecule has 3 aromatic rings. The molecule has 15 heteroatoms. The first-order chi connectivity index (χ1) is 27.0. The maximum Gasteiger partial charge on any atom is 0.472 e. The molecule has 1 saturated heterocycles. The molecular weight excluding hydrogens is 742 g/mol. The number of benzene rings is 1. The molecule has 0 aliphatic carbocycles. The lowest BCUT2D eigenvalue weighted by Gasteiger charge is -2.26. The minimum Gasteiger partial charge on any atom is -0.387 e. The van der Waals surface area contributed by atoms with Crippen molar-refractivity contribution in [2.24, 2.45) is 0 Å². The number of aliphatic hydroxyl groups excluding tert-OH is 2. The van der Waals surface area contributed by atoms with E-state index in [9.17, 15) is 29.3 Å². The zero-order valence-electron chi connectivity index (χ0n) is 32.7. The summed E-state index contributed by atoms with van der Waals surface area (Å²) in [5.41, 5.74) is 0.178. The molecule has 3 N–H and O–H groups in total. The van der Waals surface area contributed by atoms with Gasteiger partial charge in [0.25, 0.3) is 0 Å². The molecule has 13 nitrogen and oxygen atoms in total. The van der Waals surface area contributed by atoms with Gasteiger partial charge in [0.1, 0.15) is 36.6 Å². The van der Waals surface area contributed by atoms with E-state index in [1.165, 1.54) is 93.6 Å². The number of hydrogen-bond acceptors (Lipinski definition) is 11. The van der Waals surface area contributed by atoms with Gasteiger partial charge in [0.2, 0.25) is 0 Å². The van der Waals surface area contributed by atoms with Gasteiger partial charge in [-0.15, -0.1) is 6.42 Å². The maximum absolute atomic E-state index is 14.1. The molecule has 1 aromatic carbocycles. The Balaban J connectivity index is 1.23. The Morgan fingerprint density at radius 1 is 1.00 bits per heavy atom. The number of aryl methyl sites for hydroxylation is 1. The predicted molar refractivity (Wildman–Crippen MR) is 208 cm³/mol. The summed E-state index contributed by atoms with van der Waals surface area (Å²) < 4.78 is 56.7. The lowest BCUT2D eigenvalue weighted by molar-refractivity contribution is -0.0681. The second kappa shape index (κ2) is 23.2. The summed E-state index contributed by atoms with van der Waals surface area (Å²) in [5.74, 6) is 1.83.